The number of hydrogen-bond acceptors (Lipinski definition) is 6. The third kappa shape index (κ3) is 3.50. The lowest BCUT2D eigenvalue weighted by Crippen LogP contribution is -2.56. The van der Waals surface area contributed by atoms with Crippen LogP contribution in [-0.2, 0) is 12.8 Å². The van der Waals surface area contributed by atoms with Gasteiger partial charge in [-0.15, -0.1) is 0 Å². The molecule has 0 spiro atoms. The predicted molar refractivity (Wildman–Crippen MR) is 110 cm³/mol. The van der Waals surface area contributed by atoms with Crippen molar-refractivity contribution in [3.63, 3.8) is 0 Å². The van der Waals surface area contributed by atoms with Crippen molar-refractivity contribution in [3.05, 3.63) is 41.6 Å². The summed E-state index contributed by atoms with van der Waals surface area (Å²) in [5.74, 6) is 1.33. The highest BCUT2D eigenvalue weighted by Gasteiger charge is 2.29. The predicted octanol–water partition coefficient (Wildman–Crippen LogP) is 2.16. The van der Waals surface area contributed by atoms with Crippen LogP contribution < -0.4 is 21.3 Å². The molecule has 2 heterocycles. The Labute approximate surface area is 159 Å². The second-order valence-corrected chi connectivity index (χ2v) is 7.25. The topological polar surface area (TPSA) is 79.1 Å². The summed E-state index contributed by atoms with van der Waals surface area (Å²) in [6, 6.07) is 10.0. The largest absolute Gasteiger partial charge is 0.383 e. The van der Waals surface area contributed by atoms with Crippen molar-refractivity contribution in [1.29, 1.82) is 0 Å². The molecule has 0 saturated carbocycles. The van der Waals surface area contributed by atoms with E-state index in [-0.39, 0.29) is 6.04 Å². The summed E-state index contributed by atoms with van der Waals surface area (Å²) in [7, 11) is 0. The number of anilines is 3. The van der Waals surface area contributed by atoms with Crippen molar-refractivity contribution in [3.8, 4) is 0 Å². The number of rotatable bonds is 3. The molecule has 0 bridgehead atoms. The van der Waals surface area contributed by atoms with Gasteiger partial charge in [0.05, 0.1) is 11.7 Å². The van der Waals surface area contributed by atoms with Gasteiger partial charge >= 0.3 is 0 Å². The van der Waals surface area contributed by atoms with Gasteiger partial charge in [0, 0.05) is 30.9 Å². The number of piperazine rings is 1. The van der Waals surface area contributed by atoms with E-state index in [0.717, 1.165) is 54.4 Å². The minimum absolute atomic E-state index is 0.00000307. The third-order valence-electron chi connectivity index (χ3n) is 5.05. The monoisotopic (exact) mass is 368 g/mol. The number of hydrogen-bond donors (Lipinski definition) is 3. The number of thiocarbonyl (C=S) groups is 1. The number of benzene rings is 1. The molecule has 1 aromatic carbocycles. The van der Waals surface area contributed by atoms with Crippen molar-refractivity contribution in [1.82, 2.24) is 15.3 Å². The van der Waals surface area contributed by atoms with Crippen LogP contribution in [0.2, 0.25) is 0 Å². The first-order valence-electron chi connectivity index (χ1n) is 9.21. The Balaban J connectivity index is 1.59. The van der Waals surface area contributed by atoms with Gasteiger partial charge in [0.25, 0.3) is 0 Å². The van der Waals surface area contributed by atoms with E-state index in [1.807, 2.05) is 30.3 Å². The normalized spacial score (nSPS) is 19.7. The van der Waals surface area contributed by atoms with E-state index >= 15 is 0 Å². The maximum absolute atomic E-state index is 6.25. The van der Waals surface area contributed by atoms with Gasteiger partial charge in [-0.3, -0.25) is 0 Å². The molecule has 26 heavy (non-hydrogen) atoms. The Bertz CT molecular complexity index is 794. The molecule has 2 aliphatic rings. The molecule has 1 aliphatic heterocycles. The van der Waals surface area contributed by atoms with Crippen LogP contribution in [0.3, 0.4) is 0 Å². The van der Waals surface area contributed by atoms with Gasteiger partial charge in [-0.05, 0) is 37.8 Å². The standard InChI is InChI=1S/C19H24N6S/c20-17-14-8-4-5-9-15(14)23-19(24-17)25-11-10-21-12-16(25)18(26)22-13-6-2-1-3-7-13/h1-3,6-7,16,21H,4-5,8-12H2,(H,22,26)(H2,20,23,24). The third-order valence-corrected chi connectivity index (χ3v) is 5.42. The number of nitrogens with one attached hydrogen (secondary N) is 2. The Kier molecular flexibility index (Phi) is 4.99. The fraction of sp³-hybridized carbons (Fsp3) is 0.421. The average molecular weight is 369 g/mol. The summed E-state index contributed by atoms with van der Waals surface area (Å²) in [5, 5.41) is 6.77. The quantitative estimate of drug-likeness (QED) is 0.717. The van der Waals surface area contributed by atoms with Crippen molar-refractivity contribution < 1.29 is 0 Å². The zero-order chi connectivity index (χ0) is 17.9. The highest BCUT2D eigenvalue weighted by Crippen LogP contribution is 2.27. The van der Waals surface area contributed by atoms with Crippen molar-refractivity contribution in [2.24, 2.45) is 0 Å². The fourth-order valence-electron chi connectivity index (χ4n) is 3.66. The van der Waals surface area contributed by atoms with Gasteiger partial charge in [-0.2, -0.15) is 4.98 Å². The van der Waals surface area contributed by atoms with Crippen LogP contribution in [0.25, 0.3) is 0 Å². The second-order valence-electron chi connectivity index (χ2n) is 6.81. The van der Waals surface area contributed by atoms with Crippen molar-refractivity contribution >= 4 is 34.7 Å². The van der Waals surface area contributed by atoms with Crippen LogP contribution in [-0.4, -0.2) is 40.6 Å². The zero-order valence-corrected chi connectivity index (χ0v) is 15.6. The SMILES string of the molecule is Nc1nc(N2CCNCC2C(=S)Nc2ccccc2)nc2c1CCCC2. The number of aryl methyl sites for hydroxylation is 1. The molecule has 7 heteroatoms. The molecule has 136 valence electrons. The number of nitrogens with zero attached hydrogens (tertiary/aromatic N) is 3. The number of aromatic nitrogens is 2. The fourth-order valence-corrected chi connectivity index (χ4v) is 3.99. The summed E-state index contributed by atoms with van der Waals surface area (Å²) >= 11 is 5.71. The van der Waals surface area contributed by atoms with E-state index in [4.69, 9.17) is 22.9 Å². The first-order valence-corrected chi connectivity index (χ1v) is 9.62. The molecule has 1 unspecified atom stereocenters. The Morgan fingerprint density at radius 1 is 1.19 bits per heavy atom. The Morgan fingerprint density at radius 2 is 2.00 bits per heavy atom. The second kappa shape index (κ2) is 7.55. The Morgan fingerprint density at radius 3 is 2.85 bits per heavy atom. The van der Waals surface area contributed by atoms with Crippen molar-refractivity contribution in [2.45, 2.75) is 31.7 Å². The summed E-state index contributed by atoms with van der Waals surface area (Å²) in [6.07, 6.45) is 4.31. The molecule has 1 aliphatic carbocycles. The summed E-state index contributed by atoms with van der Waals surface area (Å²) in [6.45, 7) is 2.45. The van der Waals surface area contributed by atoms with Gasteiger partial charge in [0.15, 0.2) is 0 Å². The van der Waals surface area contributed by atoms with Gasteiger partial charge in [0.2, 0.25) is 5.95 Å². The molecule has 0 radical (unpaired) electrons. The lowest BCUT2D eigenvalue weighted by Gasteiger charge is -2.37. The molecule has 6 nitrogen and oxygen atoms in total. The molecular formula is C19H24N6S. The first-order chi connectivity index (χ1) is 12.7. The summed E-state index contributed by atoms with van der Waals surface area (Å²) in [5.41, 5.74) is 9.49. The van der Waals surface area contributed by atoms with Crippen LogP contribution in [0.1, 0.15) is 24.1 Å². The van der Waals surface area contributed by atoms with Gasteiger partial charge in [-0.1, -0.05) is 30.4 Å². The lowest BCUT2D eigenvalue weighted by molar-refractivity contribution is 0.536. The summed E-state index contributed by atoms with van der Waals surface area (Å²) in [4.78, 5) is 12.4. The van der Waals surface area contributed by atoms with Gasteiger partial charge < -0.3 is 21.3 Å². The van der Waals surface area contributed by atoms with Crippen LogP contribution in [0.15, 0.2) is 30.3 Å². The number of fused-ring (bicyclic) bond motifs is 1. The molecule has 2 aromatic rings. The molecule has 1 atom stereocenters. The average Bonchev–Trinajstić information content (AvgIpc) is 2.69. The van der Waals surface area contributed by atoms with E-state index in [1.54, 1.807) is 0 Å². The number of para-hydroxylation sites is 1. The van der Waals surface area contributed by atoms with Gasteiger partial charge in [-0.25, -0.2) is 4.98 Å². The molecule has 0 amide bonds. The molecular weight excluding hydrogens is 344 g/mol. The zero-order valence-electron chi connectivity index (χ0n) is 14.7. The molecule has 1 fully saturated rings. The lowest BCUT2D eigenvalue weighted by atomic mass is 9.96. The Hall–Kier alpha value is -2.25. The summed E-state index contributed by atoms with van der Waals surface area (Å²) < 4.78 is 0. The van der Waals surface area contributed by atoms with Gasteiger partial charge in [0.1, 0.15) is 10.8 Å². The molecule has 4 N–H and O–H groups in total. The van der Waals surface area contributed by atoms with Crippen LogP contribution in [0, 0.1) is 0 Å². The first kappa shape index (κ1) is 17.2. The number of nitrogens with two attached hydrogens (primary N) is 1. The molecule has 1 aromatic heterocycles. The van der Waals surface area contributed by atoms with E-state index < -0.39 is 0 Å². The van der Waals surface area contributed by atoms with Crippen LogP contribution in [0.4, 0.5) is 17.5 Å². The van der Waals surface area contributed by atoms with E-state index in [1.165, 1.54) is 12.8 Å². The highest BCUT2D eigenvalue weighted by atomic mass is 32.1. The smallest absolute Gasteiger partial charge is 0.228 e. The maximum atomic E-state index is 6.25. The van der Waals surface area contributed by atoms with E-state index in [0.29, 0.717) is 11.8 Å². The molecule has 1 saturated heterocycles. The van der Waals surface area contributed by atoms with E-state index in [2.05, 4.69) is 20.5 Å². The van der Waals surface area contributed by atoms with Crippen LogP contribution in [0.5, 0.6) is 0 Å². The molecule has 4 rings (SSSR count). The highest BCUT2D eigenvalue weighted by molar-refractivity contribution is 7.80. The minimum Gasteiger partial charge on any atom is -0.383 e. The van der Waals surface area contributed by atoms with E-state index in [9.17, 15) is 0 Å². The van der Waals surface area contributed by atoms with Crippen molar-refractivity contribution in [2.75, 3.05) is 35.6 Å². The van der Waals surface area contributed by atoms with Crippen LogP contribution >= 0.6 is 12.2 Å². The minimum atomic E-state index is -0.00000307. The maximum Gasteiger partial charge on any atom is 0.228 e. The number of nitrogen functional groups attached to an aromatic ring is 1.